The number of likely N-dealkylation sites (N-methyl/N-ethyl adjacent to an activating group) is 1. The molecular formula is C16H22N2OS. The van der Waals surface area contributed by atoms with Gasteiger partial charge in [-0.2, -0.15) is 0 Å². The molecule has 1 atom stereocenters. The second-order valence-corrected chi connectivity index (χ2v) is 6.08. The summed E-state index contributed by atoms with van der Waals surface area (Å²) < 4.78 is 5.21. The smallest absolute Gasteiger partial charge is 0.118 e. The van der Waals surface area contributed by atoms with Gasteiger partial charge in [-0.3, -0.25) is 0 Å². The van der Waals surface area contributed by atoms with Crippen molar-refractivity contribution in [2.75, 3.05) is 13.7 Å². The van der Waals surface area contributed by atoms with E-state index >= 15 is 0 Å². The van der Waals surface area contributed by atoms with Gasteiger partial charge < -0.3 is 10.1 Å². The number of ether oxygens (including phenoxy) is 1. The van der Waals surface area contributed by atoms with E-state index in [0.29, 0.717) is 6.04 Å². The largest absolute Gasteiger partial charge is 0.497 e. The first-order valence-electron chi connectivity index (χ1n) is 6.94. The van der Waals surface area contributed by atoms with E-state index in [2.05, 4.69) is 43.2 Å². The predicted molar refractivity (Wildman–Crippen MR) is 84.7 cm³/mol. The fraction of sp³-hybridized carbons (Fsp3) is 0.438. The lowest BCUT2D eigenvalue weighted by Crippen LogP contribution is -2.22. The Labute approximate surface area is 125 Å². The standard InChI is InChI=1S/C16H22N2OS/c1-5-17-15(16-11(2)18-12(3)20-16)10-13-6-8-14(19-4)9-7-13/h6-9,15,17H,5,10H2,1-4H3. The van der Waals surface area contributed by atoms with E-state index in [0.717, 1.165) is 29.4 Å². The van der Waals surface area contributed by atoms with Crippen LogP contribution in [0.15, 0.2) is 24.3 Å². The zero-order chi connectivity index (χ0) is 14.5. The summed E-state index contributed by atoms with van der Waals surface area (Å²) in [6, 6.07) is 8.63. The van der Waals surface area contributed by atoms with Crippen molar-refractivity contribution in [2.24, 2.45) is 0 Å². The third-order valence-corrected chi connectivity index (χ3v) is 4.49. The van der Waals surface area contributed by atoms with E-state index in [9.17, 15) is 0 Å². The number of aryl methyl sites for hydroxylation is 2. The van der Waals surface area contributed by atoms with E-state index in [-0.39, 0.29) is 0 Å². The van der Waals surface area contributed by atoms with Crippen LogP contribution in [-0.4, -0.2) is 18.6 Å². The lowest BCUT2D eigenvalue weighted by Gasteiger charge is -2.17. The normalized spacial score (nSPS) is 12.4. The zero-order valence-electron chi connectivity index (χ0n) is 12.6. The summed E-state index contributed by atoms with van der Waals surface area (Å²) >= 11 is 1.79. The number of rotatable bonds is 6. The molecule has 0 radical (unpaired) electrons. The van der Waals surface area contributed by atoms with Crippen molar-refractivity contribution in [1.82, 2.24) is 10.3 Å². The highest BCUT2D eigenvalue weighted by Gasteiger charge is 2.17. The summed E-state index contributed by atoms with van der Waals surface area (Å²) in [5.41, 5.74) is 2.45. The van der Waals surface area contributed by atoms with Crippen LogP contribution in [-0.2, 0) is 6.42 Å². The topological polar surface area (TPSA) is 34.1 Å². The van der Waals surface area contributed by atoms with Crippen molar-refractivity contribution in [3.05, 3.63) is 45.4 Å². The molecule has 20 heavy (non-hydrogen) atoms. The average Bonchev–Trinajstić information content (AvgIpc) is 2.78. The fourth-order valence-corrected chi connectivity index (χ4v) is 3.37. The number of hydrogen-bond acceptors (Lipinski definition) is 4. The second kappa shape index (κ2) is 6.86. The van der Waals surface area contributed by atoms with Crippen LogP contribution < -0.4 is 10.1 Å². The molecule has 1 unspecified atom stereocenters. The van der Waals surface area contributed by atoms with E-state index in [4.69, 9.17) is 4.74 Å². The lowest BCUT2D eigenvalue weighted by molar-refractivity contribution is 0.414. The van der Waals surface area contributed by atoms with Gasteiger partial charge in [0.25, 0.3) is 0 Å². The molecule has 0 fully saturated rings. The monoisotopic (exact) mass is 290 g/mol. The zero-order valence-corrected chi connectivity index (χ0v) is 13.4. The van der Waals surface area contributed by atoms with E-state index in [1.807, 2.05) is 12.1 Å². The molecule has 0 spiro atoms. The number of thiazole rings is 1. The maximum absolute atomic E-state index is 5.21. The first-order chi connectivity index (χ1) is 9.63. The molecule has 0 aliphatic carbocycles. The number of aromatic nitrogens is 1. The second-order valence-electron chi connectivity index (χ2n) is 4.85. The number of nitrogens with zero attached hydrogens (tertiary/aromatic N) is 1. The van der Waals surface area contributed by atoms with Crippen molar-refractivity contribution >= 4 is 11.3 Å². The molecular weight excluding hydrogens is 268 g/mol. The highest BCUT2D eigenvalue weighted by Crippen LogP contribution is 2.28. The van der Waals surface area contributed by atoms with Crippen LogP contribution in [0.1, 0.15) is 34.1 Å². The van der Waals surface area contributed by atoms with Crippen LogP contribution >= 0.6 is 11.3 Å². The highest BCUT2D eigenvalue weighted by atomic mass is 32.1. The van der Waals surface area contributed by atoms with Crippen LogP contribution in [0.5, 0.6) is 5.75 Å². The van der Waals surface area contributed by atoms with Gasteiger partial charge in [0.1, 0.15) is 5.75 Å². The number of benzene rings is 1. The van der Waals surface area contributed by atoms with E-state index < -0.39 is 0 Å². The average molecular weight is 290 g/mol. The Bertz CT molecular complexity index is 548. The lowest BCUT2D eigenvalue weighted by atomic mass is 10.0. The van der Waals surface area contributed by atoms with Gasteiger partial charge in [0.2, 0.25) is 0 Å². The molecule has 0 aliphatic heterocycles. The van der Waals surface area contributed by atoms with Gasteiger partial charge in [-0.15, -0.1) is 11.3 Å². The molecule has 2 rings (SSSR count). The number of methoxy groups -OCH3 is 1. The predicted octanol–water partition coefficient (Wildman–Crippen LogP) is 3.66. The Kier molecular flexibility index (Phi) is 5.15. The van der Waals surface area contributed by atoms with E-state index in [1.54, 1.807) is 18.4 Å². The maximum atomic E-state index is 5.21. The van der Waals surface area contributed by atoms with Gasteiger partial charge >= 0.3 is 0 Å². The van der Waals surface area contributed by atoms with Crippen molar-refractivity contribution < 1.29 is 4.74 Å². The summed E-state index contributed by atoms with van der Waals surface area (Å²) in [6.45, 7) is 7.26. The van der Waals surface area contributed by atoms with Gasteiger partial charge in [-0.1, -0.05) is 19.1 Å². The molecule has 0 amide bonds. The fourth-order valence-electron chi connectivity index (χ4n) is 2.37. The minimum atomic E-state index is 0.333. The molecule has 2 aromatic rings. The van der Waals surface area contributed by atoms with Crippen LogP contribution in [0.25, 0.3) is 0 Å². The summed E-state index contributed by atoms with van der Waals surface area (Å²) in [5, 5.41) is 4.70. The molecule has 1 aromatic heterocycles. The van der Waals surface area contributed by atoms with Crippen molar-refractivity contribution in [3.8, 4) is 5.75 Å². The summed E-state index contributed by atoms with van der Waals surface area (Å²) in [4.78, 5) is 5.89. The van der Waals surface area contributed by atoms with Gasteiger partial charge in [-0.05, 0) is 44.5 Å². The van der Waals surface area contributed by atoms with Crippen LogP contribution in [0, 0.1) is 13.8 Å². The highest BCUT2D eigenvalue weighted by molar-refractivity contribution is 7.11. The van der Waals surface area contributed by atoms with Crippen LogP contribution in [0.3, 0.4) is 0 Å². The molecule has 0 saturated carbocycles. The molecule has 0 aliphatic rings. The third-order valence-electron chi connectivity index (χ3n) is 3.31. The molecule has 0 bridgehead atoms. The molecule has 3 nitrogen and oxygen atoms in total. The summed E-state index contributed by atoms with van der Waals surface area (Å²) in [6.07, 6.45) is 0.973. The van der Waals surface area contributed by atoms with Crippen molar-refractivity contribution in [3.63, 3.8) is 0 Å². The van der Waals surface area contributed by atoms with E-state index in [1.165, 1.54) is 10.4 Å². The summed E-state index contributed by atoms with van der Waals surface area (Å²) in [5.74, 6) is 0.901. The Morgan fingerprint density at radius 1 is 1.25 bits per heavy atom. The SMILES string of the molecule is CCNC(Cc1ccc(OC)cc1)c1sc(C)nc1C. The Balaban J connectivity index is 2.18. The Hall–Kier alpha value is -1.39. The number of hydrogen-bond donors (Lipinski definition) is 1. The minimum absolute atomic E-state index is 0.333. The molecule has 108 valence electrons. The summed E-state index contributed by atoms with van der Waals surface area (Å²) in [7, 11) is 1.69. The Morgan fingerprint density at radius 2 is 1.95 bits per heavy atom. The molecule has 1 heterocycles. The molecule has 4 heteroatoms. The first-order valence-corrected chi connectivity index (χ1v) is 7.76. The van der Waals surface area contributed by atoms with Gasteiger partial charge in [-0.25, -0.2) is 4.98 Å². The van der Waals surface area contributed by atoms with Gasteiger partial charge in [0.05, 0.1) is 17.8 Å². The maximum Gasteiger partial charge on any atom is 0.118 e. The molecule has 1 aromatic carbocycles. The van der Waals surface area contributed by atoms with Crippen LogP contribution in [0.4, 0.5) is 0 Å². The first kappa shape index (κ1) is 15.0. The van der Waals surface area contributed by atoms with Crippen molar-refractivity contribution in [2.45, 2.75) is 33.2 Å². The Morgan fingerprint density at radius 3 is 2.45 bits per heavy atom. The molecule has 1 N–H and O–H groups in total. The van der Waals surface area contributed by atoms with Crippen molar-refractivity contribution in [1.29, 1.82) is 0 Å². The van der Waals surface area contributed by atoms with Gasteiger partial charge in [0, 0.05) is 10.9 Å². The number of nitrogens with one attached hydrogen (secondary N) is 1. The third kappa shape index (κ3) is 3.58. The minimum Gasteiger partial charge on any atom is -0.497 e. The van der Waals surface area contributed by atoms with Gasteiger partial charge in [0.15, 0.2) is 0 Å². The van der Waals surface area contributed by atoms with Crippen LogP contribution in [0.2, 0.25) is 0 Å². The quantitative estimate of drug-likeness (QED) is 0.881. The molecule has 0 saturated heterocycles.